The van der Waals surface area contributed by atoms with Crippen LogP contribution >= 0.6 is 11.8 Å². The van der Waals surface area contributed by atoms with Crippen molar-refractivity contribution in [2.75, 3.05) is 13.1 Å². The first-order valence-corrected chi connectivity index (χ1v) is 8.54. The van der Waals surface area contributed by atoms with E-state index in [0.29, 0.717) is 23.3 Å². The Hall–Kier alpha value is -0.810. The van der Waals surface area contributed by atoms with Crippen LogP contribution in [0.4, 0.5) is 0 Å². The van der Waals surface area contributed by atoms with Crippen molar-refractivity contribution < 1.29 is 0 Å². The number of piperidine rings is 1. The largest absolute Gasteiger partial charge is 0.335 e. The molecule has 3 aliphatic rings. The van der Waals surface area contributed by atoms with Gasteiger partial charge in [-0.2, -0.15) is 0 Å². The van der Waals surface area contributed by atoms with Crippen molar-refractivity contribution in [1.82, 2.24) is 10.6 Å². The van der Waals surface area contributed by atoms with Crippen LogP contribution in [0.5, 0.6) is 0 Å². The average Bonchev–Trinajstić information content (AvgIpc) is 2.82. The quantitative estimate of drug-likeness (QED) is 0.839. The number of nitrogens with zero attached hydrogens (tertiary/aromatic N) is 2. The molecule has 3 heterocycles. The van der Waals surface area contributed by atoms with E-state index in [4.69, 9.17) is 4.99 Å². The highest BCUT2D eigenvalue weighted by Gasteiger charge is 2.34. The number of fused-ring (bicyclic) bond motifs is 1. The molecule has 0 spiro atoms. The van der Waals surface area contributed by atoms with Crippen molar-refractivity contribution in [2.45, 2.75) is 44.5 Å². The van der Waals surface area contributed by atoms with Crippen LogP contribution in [0.15, 0.2) is 21.0 Å². The summed E-state index contributed by atoms with van der Waals surface area (Å²) in [5.74, 6) is 2.19. The lowest BCUT2D eigenvalue weighted by Crippen LogP contribution is -2.39. The van der Waals surface area contributed by atoms with E-state index < -0.39 is 0 Å². The highest BCUT2D eigenvalue weighted by molar-refractivity contribution is 8.04. The van der Waals surface area contributed by atoms with Crippen LogP contribution in [-0.4, -0.2) is 36.7 Å². The number of allylic oxidation sites excluding steroid dienone is 1. The van der Waals surface area contributed by atoms with Gasteiger partial charge in [-0.15, -0.1) is 11.8 Å². The van der Waals surface area contributed by atoms with Crippen LogP contribution in [0.2, 0.25) is 0 Å². The van der Waals surface area contributed by atoms with E-state index in [2.05, 4.69) is 35.5 Å². The predicted octanol–water partition coefficient (Wildman–Crippen LogP) is 2.39. The fourth-order valence-corrected chi connectivity index (χ4v) is 4.38. The van der Waals surface area contributed by atoms with Crippen LogP contribution in [0.1, 0.15) is 33.1 Å². The van der Waals surface area contributed by atoms with Gasteiger partial charge < -0.3 is 10.6 Å². The average molecular weight is 292 g/mol. The molecule has 4 nitrogen and oxygen atoms in total. The van der Waals surface area contributed by atoms with Crippen LogP contribution in [0.25, 0.3) is 0 Å². The van der Waals surface area contributed by atoms with E-state index in [0.717, 1.165) is 38.2 Å². The maximum Gasteiger partial charge on any atom is 0.114 e. The lowest BCUT2D eigenvalue weighted by Gasteiger charge is -2.25. The summed E-state index contributed by atoms with van der Waals surface area (Å²) in [5, 5.41) is 7.00. The number of thioether (sulfide) groups is 1. The van der Waals surface area contributed by atoms with Gasteiger partial charge in [0.05, 0.1) is 18.3 Å². The van der Waals surface area contributed by atoms with E-state index in [1.54, 1.807) is 0 Å². The zero-order valence-corrected chi connectivity index (χ0v) is 13.1. The molecule has 0 aliphatic carbocycles. The molecule has 0 radical (unpaired) electrons. The van der Waals surface area contributed by atoms with Gasteiger partial charge in [0.25, 0.3) is 0 Å². The third-order valence-corrected chi connectivity index (χ3v) is 5.20. The minimum Gasteiger partial charge on any atom is -0.335 e. The molecule has 1 fully saturated rings. The Labute approximate surface area is 125 Å². The lowest BCUT2D eigenvalue weighted by molar-refractivity contribution is 0.457. The maximum absolute atomic E-state index is 4.97. The van der Waals surface area contributed by atoms with E-state index in [-0.39, 0.29) is 0 Å². The second kappa shape index (κ2) is 6.31. The lowest BCUT2D eigenvalue weighted by atomic mass is 10.0. The molecule has 20 heavy (non-hydrogen) atoms. The van der Waals surface area contributed by atoms with Crippen LogP contribution in [0.3, 0.4) is 0 Å². The number of amidine groups is 1. The van der Waals surface area contributed by atoms with Gasteiger partial charge in [-0.1, -0.05) is 19.9 Å². The van der Waals surface area contributed by atoms with Crippen molar-refractivity contribution in [2.24, 2.45) is 21.8 Å². The molecule has 0 aromatic carbocycles. The Kier molecular flexibility index (Phi) is 4.46. The Balaban J connectivity index is 1.73. The number of nitrogens with one attached hydrogen (secondary N) is 2. The summed E-state index contributed by atoms with van der Waals surface area (Å²) in [6, 6.07) is 0.471. The number of hydrogen-bond acceptors (Lipinski definition) is 4. The zero-order chi connectivity index (χ0) is 13.9. The summed E-state index contributed by atoms with van der Waals surface area (Å²) in [5.41, 5.74) is 0. The first-order chi connectivity index (χ1) is 9.72. The Morgan fingerprint density at radius 2 is 2.20 bits per heavy atom. The molecule has 0 bridgehead atoms. The van der Waals surface area contributed by atoms with Gasteiger partial charge in [0.1, 0.15) is 11.2 Å². The van der Waals surface area contributed by atoms with Gasteiger partial charge in [0, 0.05) is 0 Å². The van der Waals surface area contributed by atoms with Crippen molar-refractivity contribution in [3.63, 3.8) is 0 Å². The molecule has 3 rings (SSSR count). The first-order valence-electron chi connectivity index (χ1n) is 7.66. The van der Waals surface area contributed by atoms with Crippen LogP contribution in [-0.2, 0) is 0 Å². The van der Waals surface area contributed by atoms with Gasteiger partial charge in [-0.25, -0.2) is 0 Å². The highest BCUT2D eigenvalue weighted by atomic mass is 32.2. The Morgan fingerprint density at radius 3 is 2.95 bits per heavy atom. The van der Waals surface area contributed by atoms with Crippen molar-refractivity contribution in [3.8, 4) is 0 Å². The van der Waals surface area contributed by atoms with Gasteiger partial charge in [-0.3, -0.25) is 9.98 Å². The van der Waals surface area contributed by atoms with Crippen molar-refractivity contribution >= 4 is 23.9 Å². The second-order valence-corrected chi connectivity index (χ2v) is 7.43. The maximum atomic E-state index is 4.97. The molecule has 0 aromatic rings. The molecule has 1 saturated heterocycles. The summed E-state index contributed by atoms with van der Waals surface area (Å²) in [4.78, 5) is 11.0. The van der Waals surface area contributed by atoms with E-state index in [1.807, 2.05) is 18.1 Å². The SMILES string of the molecule is CC(C)CC1=CC2C(=NC3CCNCC3)NC=NC2S1. The van der Waals surface area contributed by atoms with E-state index >= 15 is 0 Å². The number of aliphatic imine (C=N–C) groups is 2. The molecule has 0 saturated carbocycles. The molecule has 5 heteroatoms. The summed E-state index contributed by atoms with van der Waals surface area (Å²) in [6.07, 6.45) is 7.68. The zero-order valence-electron chi connectivity index (χ0n) is 12.3. The van der Waals surface area contributed by atoms with Crippen LogP contribution < -0.4 is 10.6 Å². The van der Waals surface area contributed by atoms with Crippen LogP contribution in [0, 0.1) is 11.8 Å². The molecule has 2 unspecified atom stereocenters. The third kappa shape index (κ3) is 3.26. The summed E-state index contributed by atoms with van der Waals surface area (Å²) in [6.45, 7) is 6.73. The van der Waals surface area contributed by atoms with Crippen molar-refractivity contribution in [1.29, 1.82) is 0 Å². The summed E-state index contributed by atoms with van der Waals surface area (Å²) in [7, 11) is 0. The number of hydrogen-bond donors (Lipinski definition) is 2. The molecule has 110 valence electrons. The molecular weight excluding hydrogens is 268 g/mol. The fourth-order valence-electron chi connectivity index (χ4n) is 2.93. The van der Waals surface area contributed by atoms with Crippen molar-refractivity contribution in [3.05, 3.63) is 11.0 Å². The van der Waals surface area contributed by atoms with E-state index in [1.165, 1.54) is 4.91 Å². The predicted molar refractivity (Wildman–Crippen MR) is 87.4 cm³/mol. The summed E-state index contributed by atoms with van der Waals surface area (Å²) < 4.78 is 0. The molecule has 3 aliphatic heterocycles. The van der Waals surface area contributed by atoms with E-state index in [9.17, 15) is 0 Å². The Morgan fingerprint density at radius 1 is 1.40 bits per heavy atom. The Bertz CT molecular complexity index is 435. The molecule has 2 N–H and O–H groups in total. The summed E-state index contributed by atoms with van der Waals surface area (Å²) >= 11 is 1.92. The first kappa shape index (κ1) is 14.1. The highest BCUT2D eigenvalue weighted by Crippen LogP contribution is 2.41. The van der Waals surface area contributed by atoms with Gasteiger partial charge >= 0.3 is 0 Å². The fraction of sp³-hybridized carbons (Fsp3) is 0.733. The molecule has 2 atom stereocenters. The number of rotatable bonds is 3. The molecule has 0 aromatic heterocycles. The molecule has 0 amide bonds. The smallest absolute Gasteiger partial charge is 0.114 e. The van der Waals surface area contributed by atoms with Gasteiger partial charge in [0.15, 0.2) is 0 Å². The second-order valence-electron chi connectivity index (χ2n) is 6.18. The third-order valence-electron chi connectivity index (χ3n) is 3.93. The van der Waals surface area contributed by atoms with Gasteiger partial charge in [-0.05, 0) is 43.2 Å². The minimum atomic E-state index is 0.311. The minimum absolute atomic E-state index is 0.311. The topological polar surface area (TPSA) is 48.8 Å². The standard InChI is InChI=1S/C15H24N4S/c1-10(2)7-12-8-13-14(17-9-18-15(13)20-12)19-11-3-5-16-6-4-11/h8-11,13,15-16H,3-7H2,1-2H3,(H,17,18,19). The molecular formula is C15H24N4S. The normalized spacial score (nSPS) is 32.4. The van der Waals surface area contributed by atoms with Gasteiger partial charge in [0.2, 0.25) is 0 Å². The monoisotopic (exact) mass is 292 g/mol.